The highest BCUT2D eigenvalue weighted by molar-refractivity contribution is 7.80. The minimum absolute atomic E-state index is 0.393. The van der Waals surface area contributed by atoms with E-state index < -0.39 is 0 Å². The Morgan fingerprint density at radius 3 is 1.33 bits per heavy atom. The maximum Gasteiger partial charge on any atom is 0.264 e. The lowest BCUT2D eigenvalue weighted by molar-refractivity contribution is 0.446. The molecule has 2 rings (SSSR count). The van der Waals surface area contributed by atoms with E-state index in [1.807, 2.05) is 76.7 Å². The summed E-state index contributed by atoms with van der Waals surface area (Å²) in [6, 6.07) is 15.4. The van der Waals surface area contributed by atoms with Crippen molar-refractivity contribution in [3.8, 4) is 22.6 Å². The molecule has 0 aliphatic rings. The number of rotatable bonds is 3. The minimum atomic E-state index is 0.393. The number of nitrogens with zero attached hydrogens (tertiary/aromatic N) is 2. The van der Waals surface area contributed by atoms with Crippen molar-refractivity contribution in [3.05, 3.63) is 48.5 Å². The van der Waals surface area contributed by atoms with Crippen LogP contribution in [0.2, 0.25) is 0 Å². The fourth-order valence-corrected chi connectivity index (χ4v) is 2.11. The van der Waals surface area contributed by atoms with Gasteiger partial charge in [0.1, 0.15) is 11.5 Å². The van der Waals surface area contributed by atoms with E-state index in [2.05, 4.69) is 0 Å². The maximum absolute atomic E-state index is 5.83. The van der Waals surface area contributed by atoms with Gasteiger partial charge in [-0.1, -0.05) is 36.4 Å². The van der Waals surface area contributed by atoms with Crippen LogP contribution in [0, 0.1) is 0 Å². The molecule has 0 bridgehead atoms. The Morgan fingerprint density at radius 1 is 0.667 bits per heavy atom. The van der Waals surface area contributed by atoms with Gasteiger partial charge in [0.05, 0.1) is 0 Å². The van der Waals surface area contributed by atoms with Crippen molar-refractivity contribution in [2.45, 2.75) is 0 Å². The van der Waals surface area contributed by atoms with Crippen LogP contribution < -0.4 is 9.47 Å². The van der Waals surface area contributed by atoms with Gasteiger partial charge < -0.3 is 19.3 Å². The van der Waals surface area contributed by atoms with Gasteiger partial charge in [-0.3, -0.25) is 0 Å². The monoisotopic (exact) mass is 360 g/mol. The summed E-state index contributed by atoms with van der Waals surface area (Å²) in [5.74, 6) is 1.34. The normalized spacial score (nSPS) is 10.0. The van der Waals surface area contributed by atoms with Gasteiger partial charge in [0, 0.05) is 39.3 Å². The predicted molar refractivity (Wildman–Crippen MR) is 106 cm³/mol. The number of benzene rings is 2. The van der Waals surface area contributed by atoms with E-state index in [1.54, 1.807) is 9.80 Å². The van der Waals surface area contributed by atoms with Gasteiger partial charge >= 0.3 is 0 Å². The highest BCUT2D eigenvalue weighted by Crippen LogP contribution is 2.36. The summed E-state index contributed by atoms with van der Waals surface area (Å²) in [6.07, 6.45) is 0. The molecule has 126 valence electrons. The van der Waals surface area contributed by atoms with Crippen molar-refractivity contribution in [2.75, 3.05) is 28.2 Å². The van der Waals surface area contributed by atoms with Gasteiger partial charge in [-0.15, -0.1) is 0 Å². The van der Waals surface area contributed by atoms with Crippen LogP contribution in [0.1, 0.15) is 0 Å². The Kier molecular flexibility index (Phi) is 6.11. The van der Waals surface area contributed by atoms with Gasteiger partial charge in [0.25, 0.3) is 10.3 Å². The third-order valence-corrected chi connectivity index (χ3v) is 4.09. The van der Waals surface area contributed by atoms with Crippen LogP contribution >= 0.6 is 24.4 Å². The second kappa shape index (κ2) is 8.08. The quantitative estimate of drug-likeness (QED) is 0.772. The molecule has 0 N–H and O–H groups in total. The van der Waals surface area contributed by atoms with Crippen molar-refractivity contribution >= 4 is 34.8 Å². The van der Waals surface area contributed by atoms with Gasteiger partial charge in [-0.25, -0.2) is 0 Å². The van der Waals surface area contributed by atoms with Crippen molar-refractivity contribution in [1.82, 2.24) is 9.80 Å². The van der Waals surface area contributed by atoms with Crippen molar-refractivity contribution in [1.29, 1.82) is 0 Å². The van der Waals surface area contributed by atoms with Gasteiger partial charge in [-0.2, -0.15) is 0 Å². The lowest BCUT2D eigenvalue weighted by Crippen LogP contribution is -2.25. The van der Waals surface area contributed by atoms with Crippen molar-refractivity contribution in [2.24, 2.45) is 0 Å². The molecule has 0 aliphatic heterocycles. The number of hydrogen-bond acceptors (Lipinski definition) is 4. The third kappa shape index (κ3) is 4.43. The average molecular weight is 361 g/mol. The van der Waals surface area contributed by atoms with Crippen LogP contribution in [0.25, 0.3) is 11.1 Å². The topological polar surface area (TPSA) is 24.9 Å². The molecule has 0 amide bonds. The summed E-state index contributed by atoms with van der Waals surface area (Å²) >= 11 is 10.5. The van der Waals surface area contributed by atoms with E-state index in [0.29, 0.717) is 21.8 Å². The van der Waals surface area contributed by atoms with Crippen LogP contribution in [-0.4, -0.2) is 48.3 Å². The summed E-state index contributed by atoms with van der Waals surface area (Å²) in [7, 11) is 7.38. The molecule has 2 aromatic carbocycles. The first-order chi connectivity index (χ1) is 11.4. The number of ether oxygens (including phenoxy) is 2. The van der Waals surface area contributed by atoms with E-state index in [0.717, 1.165) is 11.1 Å². The summed E-state index contributed by atoms with van der Waals surface area (Å²) in [4.78, 5) is 3.49. The molecule has 0 atom stereocenters. The van der Waals surface area contributed by atoms with Gasteiger partial charge in [0.15, 0.2) is 0 Å². The Balaban J connectivity index is 2.42. The molecule has 0 spiro atoms. The summed E-state index contributed by atoms with van der Waals surface area (Å²) < 4.78 is 11.7. The van der Waals surface area contributed by atoms with Crippen LogP contribution in [0.4, 0.5) is 0 Å². The zero-order valence-corrected chi connectivity index (χ0v) is 15.8. The third-order valence-electron chi connectivity index (χ3n) is 3.19. The Hall–Kier alpha value is -2.18. The van der Waals surface area contributed by atoms with Crippen LogP contribution in [0.15, 0.2) is 48.5 Å². The van der Waals surface area contributed by atoms with E-state index in [1.165, 1.54) is 0 Å². The fourth-order valence-electron chi connectivity index (χ4n) is 1.93. The molecule has 4 nitrogen and oxygen atoms in total. The molecule has 6 heteroatoms. The zero-order valence-electron chi connectivity index (χ0n) is 14.1. The molecule has 0 heterocycles. The molecule has 0 saturated heterocycles. The molecule has 0 fully saturated rings. The summed E-state index contributed by atoms with van der Waals surface area (Å²) in [5.41, 5.74) is 1.78. The van der Waals surface area contributed by atoms with E-state index in [4.69, 9.17) is 33.9 Å². The Labute approximate surface area is 153 Å². The fraction of sp³-hybridized carbons (Fsp3) is 0.222. The lowest BCUT2D eigenvalue weighted by Gasteiger charge is -2.19. The summed E-state index contributed by atoms with van der Waals surface area (Å²) in [5, 5.41) is 0.786. The highest BCUT2D eigenvalue weighted by Gasteiger charge is 2.14. The first-order valence-corrected chi connectivity index (χ1v) is 8.18. The standard InChI is InChI=1S/C18H20N2O2S2/c1-19(2)17(23)21-15-11-7-5-9-13(15)14-10-6-8-12-16(14)22-18(24)20(3)4/h5-12H,1-4H3. The molecule has 24 heavy (non-hydrogen) atoms. The second-order valence-electron chi connectivity index (χ2n) is 5.52. The Morgan fingerprint density at radius 2 is 1.00 bits per heavy atom. The zero-order chi connectivity index (χ0) is 17.7. The number of thiocarbonyl (C=S) groups is 2. The molecule has 0 aromatic heterocycles. The largest absolute Gasteiger partial charge is 0.431 e. The summed E-state index contributed by atoms with van der Waals surface area (Å²) in [6.45, 7) is 0. The minimum Gasteiger partial charge on any atom is -0.431 e. The average Bonchev–Trinajstić information content (AvgIpc) is 2.55. The smallest absolute Gasteiger partial charge is 0.264 e. The van der Waals surface area contributed by atoms with Gasteiger partial charge in [-0.05, 0) is 36.6 Å². The van der Waals surface area contributed by atoms with E-state index >= 15 is 0 Å². The number of para-hydroxylation sites is 2. The molecule has 2 aromatic rings. The maximum atomic E-state index is 5.83. The van der Waals surface area contributed by atoms with Crippen molar-refractivity contribution in [3.63, 3.8) is 0 Å². The van der Waals surface area contributed by atoms with E-state index in [9.17, 15) is 0 Å². The molecule has 0 aliphatic carbocycles. The molecule has 0 saturated carbocycles. The molecular formula is C18H20N2O2S2. The predicted octanol–water partition coefficient (Wildman–Crippen LogP) is 3.80. The van der Waals surface area contributed by atoms with Gasteiger partial charge in [0.2, 0.25) is 0 Å². The second-order valence-corrected chi connectivity index (χ2v) is 6.22. The molecule has 0 radical (unpaired) electrons. The Bertz CT molecular complexity index is 682. The molecule has 0 unspecified atom stereocenters. The molecular weight excluding hydrogens is 340 g/mol. The lowest BCUT2D eigenvalue weighted by atomic mass is 10.0. The SMILES string of the molecule is CN(C)C(=S)Oc1ccccc1-c1ccccc1OC(=S)N(C)C. The first kappa shape index (κ1) is 18.2. The van der Waals surface area contributed by atoms with E-state index in [-0.39, 0.29) is 0 Å². The van der Waals surface area contributed by atoms with Crippen LogP contribution in [-0.2, 0) is 0 Å². The van der Waals surface area contributed by atoms with Crippen molar-refractivity contribution < 1.29 is 9.47 Å². The first-order valence-electron chi connectivity index (χ1n) is 7.37. The van der Waals surface area contributed by atoms with Crippen LogP contribution in [0.5, 0.6) is 11.5 Å². The highest BCUT2D eigenvalue weighted by atomic mass is 32.1. The van der Waals surface area contributed by atoms with Crippen LogP contribution in [0.3, 0.4) is 0 Å². The number of hydrogen-bond donors (Lipinski definition) is 0.